The highest BCUT2D eigenvalue weighted by molar-refractivity contribution is 7.91. The van der Waals surface area contributed by atoms with Crippen molar-refractivity contribution in [3.8, 4) is 0 Å². The third kappa shape index (κ3) is 4.20. The van der Waals surface area contributed by atoms with Gasteiger partial charge < -0.3 is 10.2 Å². The van der Waals surface area contributed by atoms with Crippen molar-refractivity contribution in [1.29, 1.82) is 0 Å². The van der Waals surface area contributed by atoms with Crippen LogP contribution in [0.1, 0.15) is 23.6 Å². The van der Waals surface area contributed by atoms with Gasteiger partial charge in [0.15, 0.2) is 9.84 Å². The normalized spacial score (nSPS) is 17.7. The molecule has 6 heteroatoms. The summed E-state index contributed by atoms with van der Waals surface area (Å²) >= 11 is 0. The monoisotopic (exact) mass is 358 g/mol. The summed E-state index contributed by atoms with van der Waals surface area (Å²) < 4.78 is 23.4. The van der Waals surface area contributed by atoms with Gasteiger partial charge in [-0.25, -0.2) is 13.2 Å². The highest BCUT2D eigenvalue weighted by Gasteiger charge is 2.33. The SMILES string of the molecule is CS(=O)(=O)C1CCN(C(=O)NC(c2ccccc2)c2ccccc2)C1. The van der Waals surface area contributed by atoms with Crippen molar-refractivity contribution < 1.29 is 13.2 Å². The zero-order valence-electron chi connectivity index (χ0n) is 14.1. The zero-order chi connectivity index (χ0) is 17.9. The number of likely N-dealkylation sites (tertiary alicyclic amines) is 1. The topological polar surface area (TPSA) is 66.5 Å². The summed E-state index contributed by atoms with van der Waals surface area (Å²) in [6.07, 6.45) is 1.73. The first-order valence-corrected chi connectivity index (χ1v) is 10.2. The molecule has 0 spiro atoms. The molecule has 2 aromatic rings. The highest BCUT2D eigenvalue weighted by atomic mass is 32.2. The number of hydrogen-bond donors (Lipinski definition) is 1. The van der Waals surface area contributed by atoms with Gasteiger partial charge in [0, 0.05) is 19.3 Å². The first-order valence-electron chi connectivity index (χ1n) is 8.29. The van der Waals surface area contributed by atoms with Crippen LogP contribution in [0, 0.1) is 0 Å². The molecule has 1 aliphatic rings. The lowest BCUT2D eigenvalue weighted by Gasteiger charge is -2.24. The van der Waals surface area contributed by atoms with E-state index in [0.29, 0.717) is 13.0 Å². The number of urea groups is 1. The number of benzene rings is 2. The molecular formula is C19H22N2O3S. The van der Waals surface area contributed by atoms with Crippen LogP contribution in [-0.2, 0) is 9.84 Å². The van der Waals surface area contributed by atoms with Gasteiger partial charge in [-0.1, -0.05) is 60.7 Å². The van der Waals surface area contributed by atoms with Gasteiger partial charge in [0.05, 0.1) is 11.3 Å². The van der Waals surface area contributed by atoms with Crippen molar-refractivity contribution in [3.63, 3.8) is 0 Å². The van der Waals surface area contributed by atoms with Crippen LogP contribution in [0.15, 0.2) is 60.7 Å². The Balaban J connectivity index is 1.78. The number of sulfone groups is 1. The van der Waals surface area contributed by atoms with E-state index in [-0.39, 0.29) is 18.6 Å². The van der Waals surface area contributed by atoms with Crippen molar-refractivity contribution in [2.24, 2.45) is 0 Å². The fourth-order valence-electron chi connectivity index (χ4n) is 3.13. The van der Waals surface area contributed by atoms with Crippen LogP contribution in [0.25, 0.3) is 0 Å². The van der Waals surface area contributed by atoms with Crippen LogP contribution in [0.5, 0.6) is 0 Å². The average molecular weight is 358 g/mol. The molecular weight excluding hydrogens is 336 g/mol. The standard InChI is InChI=1S/C19H22N2O3S/c1-25(23,24)17-12-13-21(14-17)19(22)20-18(15-8-4-2-5-9-15)16-10-6-3-7-11-16/h2-11,17-18H,12-14H2,1H3,(H,20,22). The summed E-state index contributed by atoms with van der Waals surface area (Å²) in [6.45, 7) is 0.709. The van der Waals surface area contributed by atoms with E-state index in [2.05, 4.69) is 5.32 Å². The fraction of sp³-hybridized carbons (Fsp3) is 0.316. The number of amides is 2. The van der Waals surface area contributed by atoms with E-state index in [1.165, 1.54) is 6.26 Å². The van der Waals surface area contributed by atoms with Crippen LogP contribution in [0.2, 0.25) is 0 Å². The molecule has 1 heterocycles. The summed E-state index contributed by atoms with van der Waals surface area (Å²) in [7, 11) is -3.12. The quantitative estimate of drug-likeness (QED) is 0.914. The zero-order valence-corrected chi connectivity index (χ0v) is 14.9. The van der Waals surface area contributed by atoms with Gasteiger partial charge in [-0.15, -0.1) is 0 Å². The molecule has 0 aromatic heterocycles. The van der Waals surface area contributed by atoms with Crippen LogP contribution in [0.4, 0.5) is 4.79 Å². The molecule has 0 bridgehead atoms. The highest BCUT2D eigenvalue weighted by Crippen LogP contribution is 2.23. The minimum atomic E-state index is -3.12. The minimum absolute atomic E-state index is 0.233. The van der Waals surface area contributed by atoms with Crippen molar-refractivity contribution in [2.75, 3.05) is 19.3 Å². The number of hydrogen-bond acceptors (Lipinski definition) is 3. The van der Waals surface area contributed by atoms with Crippen molar-refractivity contribution in [3.05, 3.63) is 71.8 Å². The first-order chi connectivity index (χ1) is 11.9. The molecule has 2 amide bonds. The molecule has 132 valence electrons. The van der Waals surface area contributed by atoms with E-state index in [1.54, 1.807) is 4.90 Å². The van der Waals surface area contributed by atoms with Gasteiger partial charge in [0.25, 0.3) is 0 Å². The maximum Gasteiger partial charge on any atom is 0.318 e. The summed E-state index contributed by atoms with van der Waals surface area (Å²) in [6, 6.07) is 19.0. The number of carbonyl (C=O) groups excluding carboxylic acids is 1. The molecule has 25 heavy (non-hydrogen) atoms. The Bertz CT molecular complexity index is 783. The van der Waals surface area contributed by atoms with E-state index in [4.69, 9.17) is 0 Å². The molecule has 1 N–H and O–H groups in total. The molecule has 1 saturated heterocycles. The molecule has 2 aromatic carbocycles. The molecule has 5 nitrogen and oxygen atoms in total. The van der Waals surface area contributed by atoms with Crippen molar-refractivity contribution >= 4 is 15.9 Å². The Kier molecular flexibility index (Phi) is 5.08. The number of nitrogens with one attached hydrogen (secondary N) is 1. The molecule has 1 atom stereocenters. The average Bonchev–Trinajstić information content (AvgIpc) is 3.12. The Labute approximate surface area is 148 Å². The summed E-state index contributed by atoms with van der Waals surface area (Å²) in [5, 5.41) is 2.59. The summed E-state index contributed by atoms with van der Waals surface area (Å²) in [4.78, 5) is 14.3. The van der Waals surface area contributed by atoms with Gasteiger partial charge in [-0.2, -0.15) is 0 Å². The largest absolute Gasteiger partial charge is 0.327 e. The van der Waals surface area contributed by atoms with E-state index < -0.39 is 15.1 Å². The molecule has 3 rings (SSSR count). The minimum Gasteiger partial charge on any atom is -0.327 e. The Hall–Kier alpha value is -2.34. The molecule has 0 radical (unpaired) electrons. The third-order valence-electron chi connectivity index (χ3n) is 4.57. The molecule has 0 saturated carbocycles. The summed E-state index contributed by atoms with van der Waals surface area (Å²) in [5.74, 6) is 0. The van der Waals surface area contributed by atoms with E-state index in [0.717, 1.165) is 11.1 Å². The summed E-state index contributed by atoms with van der Waals surface area (Å²) in [5.41, 5.74) is 1.97. The maximum absolute atomic E-state index is 12.7. The van der Waals surface area contributed by atoms with Crippen LogP contribution in [0.3, 0.4) is 0 Å². The van der Waals surface area contributed by atoms with Gasteiger partial charge in [-0.05, 0) is 17.5 Å². The second-order valence-electron chi connectivity index (χ2n) is 6.39. The first kappa shape index (κ1) is 17.5. The lowest BCUT2D eigenvalue weighted by atomic mass is 9.99. The molecule has 1 fully saturated rings. The van der Waals surface area contributed by atoms with Crippen molar-refractivity contribution in [1.82, 2.24) is 10.2 Å². The van der Waals surface area contributed by atoms with Gasteiger partial charge in [0.2, 0.25) is 0 Å². The fourth-order valence-corrected chi connectivity index (χ4v) is 4.11. The molecule has 1 unspecified atom stereocenters. The third-order valence-corrected chi connectivity index (χ3v) is 6.17. The molecule has 1 aliphatic heterocycles. The number of nitrogens with zero attached hydrogens (tertiary/aromatic N) is 1. The Morgan fingerprint density at radius 2 is 1.56 bits per heavy atom. The number of rotatable bonds is 4. The second kappa shape index (κ2) is 7.27. The molecule has 0 aliphatic carbocycles. The predicted molar refractivity (Wildman–Crippen MR) is 98.1 cm³/mol. The lowest BCUT2D eigenvalue weighted by Crippen LogP contribution is -2.41. The Morgan fingerprint density at radius 3 is 2.00 bits per heavy atom. The van der Waals surface area contributed by atoms with E-state index in [9.17, 15) is 13.2 Å². The van der Waals surface area contributed by atoms with Crippen LogP contribution < -0.4 is 5.32 Å². The van der Waals surface area contributed by atoms with Crippen molar-refractivity contribution in [2.45, 2.75) is 17.7 Å². The predicted octanol–water partition coefficient (Wildman–Crippen LogP) is 2.60. The van der Waals surface area contributed by atoms with Crippen LogP contribution in [-0.4, -0.2) is 43.9 Å². The van der Waals surface area contributed by atoms with Gasteiger partial charge in [-0.3, -0.25) is 0 Å². The number of carbonyl (C=O) groups is 1. The smallest absolute Gasteiger partial charge is 0.318 e. The van der Waals surface area contributed by atoms with Gasteiger partial charge >= 0.3 is 6.03 Å². The van der Waals surface area contributed by atoms with Crippen LogP contribution >= 0.6 is 0 Å². The second-order valence-corrected chi connectivity index (χ2v) is 8.72. The lowest BCUT2D eigenvalue weighted by molar-refractivity contribution is 0.206. The van der Waals surface area contributed by atoms with Gasteiger partial charge in [0.1, 0.15) is 0 Å². The van der Waals surface area contributed by atoms with E-state index in [1.807, 2.05) is 60.7 Å². The Morgan fingerprint density at radius 1 is 1.04 bits per heavy atom. The maximum atomic E-state index is 12.7. The van der Waals surface area contributed by atoms with E-state index >= 15 is 0 Å².